The van der Waals surface area contributed by atoms with E-state index in [1.54, 1.807) is 7.11 Å². The van der Waals surface area contributed by atoms with E-state index in [0.717, 1.165) is 6.42 Å². The highest BCUT2D eigenvalue weighted by atomic mass is 16.5. The van der Waals surface area contributed by atoms with Gasteiger partial charge in [0.1, 0.15) is 11.6 Å². The van der Waals surface area contributed by atoms with Crippen LogP contribution in [0.4, 0.5) is 0 Å². The molecule has 0 aliphatic carbocycles. The Kier molecular flexibility index (Phi) is 3.76. The highest BCUT2D eigenvalue weighted by molar-refractivity contribution is 5.04. The maximum absolute atomic E-state index is 6.26. The summed E-state index contributed by atoms with van der Waals surface area (Å²) in [6.07, 6.45) is 2.09. The number of methoxy groups -OCH3 is 1. The van der Waals surface area contributed by atoms with E-state index in [-0.39, 0.29) is 6.10 Å². The third kappa shape index (κ3) is 2.48. The van der Waals surface area contributed by atoms with Crippen LogP contribution in [0.15, 0.2) is 4.52 Å². The summed E-state index contributed by atoms with van der Waals surface area (Å²) in [6.45, 7) is 3.28. The highest BCUT2D eigenvalue weighted by Gasteiger charge is 2.36. The number of ether oxygens (including phenoxy) is 2. The van der Waals surface area contributed by atoms with E-state index in [1.807, 2.05) is 6.92 Å². The van der Waals surface area contributed by atoms with Crippen LogP contribution < -0.4 is 5.73 Å². The lowest BCUT2D eigenvalue weighted by atomic mass is 9.91. The van der Waals surface area contributed by atoms with Crippen molar-refractivity contribution in [1.29, 1.82) is 0 Å². The lowest BCUT2D eigenvalue weighted by Crippen LogP contribution is -2.42. The molecule has 0 bridgehead atoms. The maximum atomic E-state index is 6.26. The third-order valence-corrected chi connectivity index (χ3v) is 3.20. The molecule has 0 saturated carbocycles. The molecule has 2 heterocycles. The van der Waals surface area contributed by atoms with Gasteiger partial charge in [-0.25, -0.2) is 0 Å². The molecule has 0 amide bonds. The molecule has 2 rings (SSSR count). The van der Waals surface area contributed by atoms with Crippen molar-refractivity contribution in [3.05, 3.63) is 11.7 Å². The van der Waals surface area contributed by atoms with Gasteiger partial charge in [-0.2, -0.15) is 4.98 Å². The van der Waals surface area contributed by atoms with Crippen molar-refractivity contribution in [2.45, 2.75) is 37.8 Å². The summed E-state index contributed by atoms with van der Waals surface area (Å²) >= 11 is 0. The molecular weight excluding hydrogens is 222 g/mol. The van der Waals surface area contributed by atoms with Crippen LogP contribution in [0.3, 0.4) is 0 Å². The average Bonchev–Trinajstić information content (AvgIpc) is 2.82. The summed E-state index contributed by atoms with van der Waals surface area (Å²) in [5.41, 5.74) is 5.71. The number of nitrogens with zero attached hydrogens (tertiary/aromatic N) is 2. The number of nitrogens with two attached hydrogens (primary N) is 1. The molecule has 6 nitrogen and oxygen atoms in total. The molecule has 1 aromatic heterocycles. The van der Waals surface area contributed by atoms with Crippen molar-refractivity contribution in [1.82, 2.24) is 10.1 Å². The van der Waals surface area contributed by atoms with Gasteiger partial charge in [-0.05, 0) is 19.3 Å². The molecule has 6 heteroatoms. The van der Waals surface area contributed by atoms with Crippen LogP contribution in [0, 0.1) is 0 Å². The minimum atomic E-state index is -0.546. The third-order valence-electron chi connectivity index (χ3n) is 3.20. The zero-order valence-corrected chi connectivity index (χ0v) is 10.3. The quantitative estimate of drug-likeness (QED) is 0.850. The second-order valence-electron chi connectivity index (χ2n) is 4.36. The second kappa shape index (κ2) is 5.12. The normalized spacial score (nSPS) is 21.4. The molecule has 0 spiro atoms. The van der Waals surface area contributed by atoms with Crippen molar-refractivity contribution in [2.75, 3.05) is 20.3 Å². The number of aromatic nitrogens is 2. The van der Waals surface area contributed by atoms with Crippen LogP contribution in [0.5, 0.6) is 0 Å². The Balaban J connectivity index is 2.16. The van der Waals surface area contributed by atoms with Gasteiger partial charge in [0.25, 0.3) is 0 Å². The number of hydrogen-bond donors (Lipinski definition) is 1. The van der Waals surface area contributed by atoms with Crippen LogP contribution in [0.25, 0.3) is 0 Å². The predicted molar refractivity (Wildman–Crippen MR) is 60.3 cm³/mol. The molecule has 1 saturated heterocycles. The summed E-state index contributed by atoms with van der Waals surface area (Å²) in [5, 5.41) is 3.95. The Morgan fingerprint density at radius 3 is 2.76 bits per heavy atom. The topological polar surface area (TPSA) is 83.4 Å². The van der Waals surface area contributed by atoms with E-state index in [9.17, 15) is 0 Å². The molecule has 1 atom stereocenters. The Morgan fingerprint density at radius 2 is 2.18 bits per heavy atom. The molecule has 1 fully saturated rings. The Hall–Kier alpha value is -0.980. The lowest BCUT2D eigenvalue weighted by Gasteiger charge is -2.29. The van der Waals surface area contributed by atoms with Gasteiger partial charge in [-0.1, -0.05) is 12.1 Å². The van der Waals surface area contributed by atoms with Gasteiger partial charge in [-0.3, -0.25) is 0 Å². The molecule has 96 valence electrons. The SMILES string of the molecule is CCC(OC)c1noc(C2(N)CCOCC2)n1. The van der Waals surface area contributed by atoms with E-state index >= 15 is 0 Å². The van der Waals surface area contributed by atoms with Crippen molar-refractivity contribution < 1.29 is 14.0 Å². The summed E-state index contributed by atoms with van der Waals surface area (Å²) in [7, 11) is 1.64. The largest absolute Gasteiger partial charge is 0.381 e. The molecule has 1 aliphatic heterocycles. The smallest absolute Gasteiger partial charge is 0.247 e. The minimum absolute atomic E-state index is 0.129. The summed E-state index contributed by atoms with van der Waals surface area (Å²) in [6, 6.07) is 0. The van der Waals surface area contributed by atoms with Gasteiger partial charge in [0, 0.05) is 20.3 Å². The molecule has 1 aliphatic rings. The van der Waals surface area contributed by atoms with Crippen LogP contribution in [-0.4, -0.2) is 30.5 Å². The Labute approximate surface area is 100 Å². The lowest BCUT2D eigenvalue weighted by molar-refractivity contribution is 0.0400. The zero-order chi connectivity index (χ0) is 12.3. The van der Waals surface area contributed by atoms with Crippen molar-refractivity contribution in [2.24, 2.45) is 5.73 Å². The van der Waals surface area contributed by atoms with Gasteiger partial charge in [0.2, 0.25) is 11.7 Å². The fraction of sp³-hybridized carbons (Fsp3) is 0.818. The fourth-order valence-corrected chi connectivity index (χ4v) is 1.97. The fourth-order valence-electron chi connectivity index (χ4n) is 1.97. The molecule has 0 aromatic carbocycles. The zero-order valence-electron chi connectivity index (χ0n) is 10.3. The first-order chi connectivity index (χ1) is 8.19. The molecule has 1 unspecified atom stereocenters. The van der Waals surface area contributed by atoms with Gasteiger partial charge >= 0.3 is 0 Å². The first kappa shape index (κ1) is 12.5. The minimum Gasteiger partial charge on any atom is -0.381 e. The number of hydrogen-bond acceptors (Lipinski definition) is 6. The molecular formula is C11H19N3O3. The first-order valence-electron chi connectivity index (χ1n) is 5.93. The van der Waals surface area contributed by atoms with E-state index < -0.39 is 5.54 Å². The van der Waals surface area contributed by atoms with Crippen molar-refractivity contribution in [3.63, 3.8) is 0 Å². The van der Waals surface area contributed by atoms with Crippen molar-refractivity contribution >= 4 is 0 Å². The Morgan fingerprint density at radius 1 is 1.47 bits per heavy atom. The standard InChI is InChI=1S/C11H19N3O3/c1-3-8(15-2)9-13-10(17-14-9)11(12)4-6-16-7-5-11/h8H,3-7,12H2,1-2H3. The van der Waals surface area contributed by atoms with E-state index in [4.69, 9.17) is 19.7 Å². The van der Waals surface area contributed by atoms with Gasteiger partial charge in [0.05, 0.1) is 0 Å². The summed E-state index contributed by atoms with van der Waals surface area (Å²) in [4.78, 5) is 4.36. The second-order valence-corrected chi connectivity index (χ2v) is 4.36. The van der Waals surface area contributed by atoms with E-state index in [1.165, 1.54) is 0 Å². The average molecular weight is 241 g/mol. The van der Waals surface area contributed by atoms with Crippen LogP contribution >= 0.6 is 0 Å². The monoisotopic (exact) mass is 241 g/mol. The maximum Gasteiger partial charge on any atom is 0.247 e. The predicted octanol–water partition coefficient (Wildman–Crippen LogP) is 1.13. The molecule has 2 N–H and O–H groups in total. The van der Waals surface area contributed by atoms with Crippen LogP contribution in [0.2, 0.25) is 0 Å². The van der Waals surface area contributed by atoms with E-state index in [0.29, 0.717) is 37.8 Å². The molecule has 17 heavy (non-hydrogen) atoms. The first-order valence-corrected chi connectivity index (χ1v) is 5.93. The molecule has 0 radical (unpaired) electrons. The van der Waals surface area contributed by atoms with Crippen LogP contribution in [0.1, 0.15) is 44.0 Å². The van der Waals surface area contributed by atoms with Crippen LogP contribution in [-0.2, 0) is 15.0 Å². The van der Waals surface area contributed by atoms with Gasteiger partial charge in [0.15, 0.2) is 0 Å². The highest BCUT2D eigenvalue weighted by Crippen LogP contribution is 2.29. The summed E-state index contributed by atoms with van der Waals surface area (Å²) in [5.74, 6) is 1.06. The van der Waals surface area contributed by atoms with Gasteiger partial charge in [-0.15, -0.1) is 0 Å². The van der Waals surface area contributed by atoms with Crippen molar-refractivity contribution in [3.8, 4) is 0 Å². The van der Waals surface area contributed by atoms with Gasteiger partial charge < -0.3 is 19.7 Å². The molecule has 1 aromatic rings. The number of rotatable bonds is 4. The summed E-state index contributed by atoms with van der Waals surface area (Å²) < 4.78 is 15.8. The van der Waals surface area contributed by atoms with E-state index in [2.05, 4.69) is 10.1 Å². The Bertz CT molecular complexity index is 357.